The first-order valence-corrected chi connectivity index (χ1v) is 11.7. The average Bonchev–Trinajstić information content (AvgIpc) is 3.34. The summed E-state index contributed by atoms with van der Waals surface area (Å²) in [6.07, 6.45) is 0.595. The van der Waals surface area contributed by atoms with Gasteiger partial charge in [-0.2, -0.15) is 5.10 Å². The van der Waals surface area contributed by atoms with Crippen molar-refractivity contribution in [2.45, 2.75) is 32.9 Å². The Morgan fingerprint density at radius 1 is 1.30 bits per heavy atom. The van der Waals surface area contributed by atoms with E-state index >= 15 is 0 Å². The largest absolute Gasteiger partial charge is 0.454 e. The number of benzene rings is 1. The summed E-state index contributed by atoms with van der Waals surface area (Å²) >= 11 is 0. The molecular weight excluding hydrogens is 408 g/mol. The molecule has 1 atom stereocenters. The number of sulfone groups is 1. The Morgan fingerprint density at radius 2 is 2.07 bits per heavy atom. The summed E-state index contributed by atoms with van der Waals surface area (Å²) in [6.45, 7) is 4.82. The number of aromatic nitrogens is 2. The van der Waals surface area contributed by atoms with Crippen LogP contribution in [0.15, 0.2) is 18.2 Å². The van der Waals surface area contributed by atoms with Gasteiger partial charge in [-0.1, -0.05) is 0 Å². The van der Waals surface area contributed by atoms with Crippen molar-refractivity contribution in [2.75, 3.05) is 37.2 Å². The smallest absolute Gasteiger partial charge is 0.238 e. The van der Waals surface area contributed by atoms with Gasteiger partial charge in [-0.05, 0) is 39.4 Å². The normalized spacial score (nSPS) is 19.4. The maximum Gasteiger partial charge on any atom is 0.238 e. The van der Waals surface area contributed by atoms with E-state index in [1.165, 1.54) is 0 Å². The molecule has 4 rings (SSSR count). The summed E-state index contributed by atoms with van der Waals surface area (Å²) in [7, 11) is -1.11. The van der Waals surface area contributed by atoms with Crippen LogP contribution >= 0.6 is 0 Å². The SMILES string of the molecule is Cc1nn([C@@H]2CCS(=O)(=O)C2)c(C)c1CN(C)CC(=O)Nc1ccc2c(c1)OCO2. The third kappa shape index (κ3) is 4.29. The van der Waals surface area contributed by atoms with Gasteiger partial charge in [-0.25, -0.2) is 8.42 Å². The number of rotatable bonds is 6. The monoisotopic (exact) mass is 434 g/mol. The summed E-state index contributed by atoms with van der Waals surface area (Å²) in [4.78, 5) is 14.4. The van der Waals surface area contributed by atoms with Crippen molar-refractivity contribution in [3.8, 4) is 11.5 Å². The Morgan fingerprint density at radius 3 is 2.80 bits per heavy atom. The highest BCUT2D eigenvalue weighted by atomic mass is 32.2. The van der Waals surface area contributed by atoms with E-state index in [4.69, 9.17) is 9.47 Å². The number of ether oxygens (including phenoxy) is 2. The highest BCUT2D eigenvalue weighted by molar-refractivity contribution is 7.91. The number of nitrogens with zero attached hydrogens (tertiary/aromatic N) is 3. The zero-order chi connectivity index (χ0) is 21.5. The summed E-state index contributed by atoms with van der Waals surface area (Å²) in [5, 5.41) is 7.46. The zero-order valence-electron chi connectivity index (χ0n) is 17.3. The molecule has 1 aromatic carbocycles. The molecule has 2 aliphatic heterocycles. The number of hydrogen-bond acceptors (Lipinski definition) is 7. The Hall–Kier alpha value is -2.59. The summed E-state index contributed by atoms with van der Waals surface area (Å²) in [6, 6.07) is 5.18. The maximum absolute atomic E-state index is 12.5. The number of likely N-dealkylation sites (N-methyl/N-ethyl adjacent to an activating group) is 1. The van der Waals surface area contributed by atoms with Crippen molar-refractivity contribution in [1.29, 1.82) is 0 Å². The van der Waals surface area contributed by atoms with Crippen LogP contribution in [0.2, 0.25) is 0 Å². The lowest BCUT2D eigenvalue weighted by Crippen LogP contribution is -2.30. The minimum Gasteiger partial charge on any atom is -0.454 e. The topological polar surface area (TPSA) is 103 Å². The first kappa shape index (κ1) is 20.7. The molecule has 1 amide bonds. The molecule has 2 aromatic rings. The van der Waals surface area contributed by atoms with E-state index in [0.717, 1.165) is 17.0 Å². The predicted molar refractivity (Wildman–Crippen MR) is 112 cm³/mol. The number of carbonyl (C=O) groups is 1. The van der Waals surface area contributed by atoms with Gasteiger partial charge in [0.1, 0.15) is 0 Å². The predicted octanol–water partition coefficient (Wildman–Crippen LogP) is 1.66. The third-order valence-corrected chi connectivity index (χ3v) is 7.28. The number of carbonyl (C=O) groups excluding carboxylic acids is 1. The molecule has 0 unspecified atom stereocenters. The lowest BCUT2D eigenvalue weighted by Gasteiger charge is -2.17. The van der Waals surface area contributed by atoms with Gasteiger partial charge >= 0.3 is 0 Å². The molecule has 1 N–H and O–H groups in total. The fourth-order valence-corrected chi connectivity index (χ4v) is 5.69. The number of nitrogens with one attached hydrogen (secondary N) is 1. The van der Waals surface area contributed by atoms with Crippen molar-refractivity contribution in [3.63, 3.8) is 0 Å². The number of fused-ring (bicyclic) bond motifs is 1. The molecule has 0 bridgehead atoms. The van der Waals surface area contributed by atoms with Crippen molar-refractivity contribution in [1.82, 2.24) is 14.7 Å². The second-order valence-electron chi connectivity index (χ2n) is 7.94. The van der Waals surface area contributed by atoms with Gasteiger partial charge in [0.05, 0.1) is 29.8 Å². The van der Waals surface area contributed by atoms with E-state index < -0.39 is 9.84 Å². The molecule has 162 valence electrons. The highest BCUT2D eigenvalue weighted by Gasteiger charge is 2.31. The van der Waals surface area contributed by atoms with E-state index in [0.29, 0.717) is 30.2 Å². The van der Waals surface area contributed by atoms with Crippen LogP contribution in [-0.2, 0) is 21.2 Å². The van der Waals surface area contributed by atoms with E-state index in [2.05, 4.69) is 10.4 Å². The molecule has 1 saturated heterocycles. The second-order valence-corrected chi connectivity index (χ2v) is 10.2. The molecule has 2 aliphatic rings. The van der Waals surface area contributed by atoms with Gasteiger partial charge in [0.15, 0.2) is 21.3 Å². The highest BCUT2D eigenvalue weighted by Crippen LogP contribution is 2.34. The van der Waals surface area contributed by atoms with Gasteiger partial charge in [0, 0.05) is 29.6 Å². The fourth-order valence-electron chi connectivity index (χ4n) is 4.00. The zero-order valence-corrected chi connectivity index (χ0v) is 18.2. The van der Waals surface area contributed by atoms with Crippen molar-refractivity contribution < 1.29 is 22.7 Å². The quantitative estimate of drug-likeness (QED) is 0.738. The van der Waals surface area contributed by atoms with Crippen molar-refractivity contribution >= 4 is 21.4 Å². The minimum atomic E-state index is -2.98. The van der Waals surface area contributed by atoms with Gasteiger partial charge in [0.2, 0.25) is 12.7 Å². The number of hydrogen-bond donors (Lipinski definition) is 1. The Labute approximate surface area is 175 Å². The third-order valence-electron chi connectivity index (χ3n) is 5.53. The lowest BCUT2D eigenvalue weighted by atomic mass is 10.1. The van der Waals surface area contributed by atoms with E-state index in [9.17, 15) is 13.2 Å². The molecule has 1 fully saturated rings. The van der Waals surface area contributed by atoms with Gasteiger partial charge < -0.3 is 14.8 Å². The first-order chi connectivity index (χ1) is 14.2. The van der Waals surface area contributed by atoms with E-state index in [1.54, 1.807) is 18.2 Å². The number of amides is 1. The van der Waals surface area contributed by atoms with Gasteiger partial charge in [-0.15, -0.1) is 0 Å². The number of aryl methyl sites for hydroxylation is 1. The van der Waals surface area contributed by atoms with Gasteiger partial charge in [-0.3, -0.25) is 14.4 Å². The Bertz CT molecular complexity index is 1080. The molecule has 9 nitrogen and oxygen atoms in total. The summed E-state index contributed by atoms with van der Waals surface area (Å²) in [5.74, 6) is 1.51. The maximum atomic E-state index is 12.5. The van der Waals surface area contributed by atoms with Crippen LogP contribution in [0.1, 0.15) is 29.4 Å². The molecule has 10 heteroatoms. The molecule has 0 spiro atoms. The fraction of sp³-hybridized carbons (Fsp3) is 0.500. The molecule has 0 aliphatic carbocycles. The summed E-state index contributed by atoms with van der Waals surface area (Å²) < 4.78 is 36.1. The van der Waals surface area contributed by atoms with Crippen LogP contribution in [0.3, 0.4) is 0 Å². The molecule has 1 aromatic heterocycles. The first-order valence-electron chi connectivity index (χ1n) is 9.85. The second kappa shape index (κ2) is 7.92. The van der Waals surface area contributed by atoms with Crippen molar-refractivity contribution in [3.05, 3.63) is 35.2 Å². The Kier molecular flexibility index (Phi) is 5.46. The summed E-state index contributed by atoms with van der Waals surface area (Å²) in [5.41, 5.74) is 3.50. The molecule has 0 radical (unpaired) electrons. The van der Waals surface area contributed by atoms with Crippen LogP contribution in [0, 0.1) is 13.8 Å². The van der Waals surface area contributed by atoms with Crippen LogP contribution in [0.25, 0.3) is 0 Å². The van der Waals surface area contributed by atoms with Crippen LogP contribution in [-0.4, -0.2) is 60.9 Å². The van der Waals surface area contributed by atoms with E-state index in [-0.39, 0.29) is 36.8 Å². The van der Waals surface area contributed by atoms with Crippen LogP contribution in [0.4, 0.5) is 5.69 Å². The van der Waals surface area contributed by atoms with Gasteiger partial charge in [0.25, 0.3) is 0 Å². The Balaban J connectivity index is 1.38. The molecule has 3 heterocycles. The molecule has 0 saturated carbocycles. The molecule has 30 heavy (non-hydrogen) atoms. The standard InChI is InChI=1S/C20H26N4O5S/c1-13-17(14(2)24(22-13)16-6-7-30(26,27)11-16)9-23(3)10-20(25)21-15-4-5-18-19(8-15)29-12-28-18/h4-5,8,16H,6-7,9-12H2,1-3H3,(H,21,25)/t16-/m1/s1. The van der Waals surface area contributed by atoms with Crippen LogP contribution in [0.5, 0.6) is 11.5 Å². The average molecular weight is 435 g/mol. The molecular formula is C20H26N4O5S. The van der Waals surface area contributed by atoms with E-state index in [1.807, 2.05) is 30.5 Å². The number of anilines is 1. The minimum absolute atomic E-state index is 0.109. The van der Waals surface area contributed by atoms with Crippen molar-refractivity contribution in [2.24, 2.45) is 0 Å². The van der Waals surface area contributed by atoms with Crippen LogP contribution < -0.4 is 14.8 Å². The lowest BCUT2D eigenvalue weighted by molar-refractivity contribution is -0.117.